The standard InChI is InChI=1S/C12H26N2O/c1-4-11(5-2)14(3)8-10-9-15-7-6-12(10)13/h10-12H,4-9,13H2,1-3H3. The zero-order valence-corrected chi connectivity index (χ0v) is 10.4. The van der Waals surface area contributed by atoms with Crippen molar-refractivity contribution in [3.63, 3.8) is 0 Å². The molecule has 1 aliphatic heterocycles. The third kappa shape index (κ3) is 3.74. The molecule has 1 heterocycles. The van der Waals surface area contributed by atoms with E-state index in [1.165, 1.54) is 12.8 Å². The molecule has 0 aromatic heterocycles. The van der Waals surface area contributed by atoms with E-state index in [2.05, 4.69) is 25.8 Å². The van der Waals surface area contributed by atoms with Crippen LogP contribution in [0.2, 0.25) is 0 Å². The second-order valence-corrected chi connectivity index (χ2v) is 4.70. The van der Waals surface area contributed by atoms with Crippen molar-refractivity contribution in [1.82, 2.24) is 4.90 Å². The molecular formula is C12H26N2O. The first kappa shape index (κ1) is 12.9. The molecule has 2 N–H and O–H groups in total. The Labute approximate surface area is 94.0 Å². The lowest BCUT2D eigenvalue weighted by Gasteiger charge is -2.35. The number of nitrogens with two attached hydrogens (primary N) is 1. The van der Waals surface area contributed by atoms with Crippen molar-refractivity contribution in [1.29, 1.82) is 0 Å². The molecule has 1 aliphatic rings. The number of ether oxygens (including phenoxy) is 1. The summed E-state index contributed by atoms with van der Waals surface area (Å²) >= 11 is 0. The average molecular weight is 214 g/mol. The zero-order chi connectivity index (χ0) is 11.3. The Morgan fingerprint density at radius 2 is 2.07 bits per heavy atom. The fourth-order valence-corrected chi connectivity index (χ4v) is 2.43. The second kappa shape index (κ2) is 6.46. The first-order valence-electron chi connectivity index (χ1n) is 6.22. The summed E-state index contributed by atoms with van der Waals surface area (Å²) in [4.78, 5) is 2.44. The summed E-state index contributed by atoms with van der Waals surface area (Å²) < 4.78 is 5.49. The summed E-state index contributed by atoms with van der Waals surface area (Å²) in [5, 5.41) is 0. The lowest BCUT2D eigenvalue weighted by Crippen LogP contribution is -2.46. The summed E-state index contributed by atoms with van der Waals surface area (Å²) in [5.74, 6) is 0.518. The van der Waals surface area contributed by atoms with Gasteiger partial charge in [-0.3, -0.25) is 0 Å². The average Bonchev–Trinajstić information content (AvgIpc) is 2.23. The Morgan fingerprint density at radius 3 is 2.60 bits per heavy atom. The van der Waals surface area contributed by atoms with Crippen molar-refractivity contribution >= 4 is 0 Å². The van der Waals surface area contributed by atoms with Crippen LogP contribution in [0.25, 0.3) is 0 Å². The lowest BCUT2D eigenvalue weighted by molar-refractivity contribution is 0.0233. The Kier molecular flexibility index (Phi) is 5.58. The predicted octanol–water partition coefficient (Wildman–Crippen LogP) is 1.47. The van der Waals surface area contributed by atoms with Gasteiger partial charge in [0.15, 0.2) is 0 Å². The number of hydrogen-bond acceptors (Lipinski definition) is 3. The van der Waals surface area contributed by atoms with Crippen molar-refractivity contribution in [3.05, 3.63) is 0 Å². The highest BCUT2D eigenvalue weighted by Gasteiger charge is 2.25. The van der Waals surface area contributed by atoms with Crippen molar-refractivity contribution in [2.45, 2.75) is 45.2 Å². The van der Waals surface area contributed by atoms with E-state index in [1.54, 1.807) is 0 Å². The van der Waals surface area contributed by atoms with E-state index < -0.39 is 0 Å². The Bertz CT molecular complexity index is 171. The van der Waals surface area contributed by atoms with Gasteiger partial charge in [-0.2, -0.15) is 0 Å². The summed E-state index contributed by atoms with van der Waals surface area (Å²) in [6.07, 6.45) is 3.45. The molecule has 90 valence electrons. The van der Waals surface area contributed by atoms with Crippen molar-refractivity contribution in [3.8, 4) is 0 Å². The van der Waals surface area contributed by atoms with E-state index >= 15 is 0 Å². The van der Waals surface area contributed by atoms with Crippen molar-refractivity contribution in [2.75, 3.05) is 26.8 Å². The van der Waals surface area contributed by atoms with Crippen LogP contribution < -0.4 is 5.73 Å². The Balaban J connectivity index is 2.38. The van der Waals surface area contributed by atoms with Gasteiger partial charge in [0, 0.05) is 31.2 Å². The molecule has 0 radical (unpaired) electrons. The Hall–Kier alpha value is -0.120. The maximum Gasteiger partial charge on any atom is 0.0521 e. The minimum Gasteiger partial charge on any atom is -0.381 e. The minimum absolute atomic E-state index is 0.329. The van der Waals surface area contributed by atoms with Crippen molar-refractivity contribution in [2.24, 2.45) is 11.7 Å². The first-order chi connectivity index (χ1) is 7.19. The molecule has 2 unspecified atom stereocenters. The highest BCUT2D eigenvalue weighted by Crippen LogP contribution is 2.16. The monoisotopic (exact) mass is 214 g/mol. The van der Waals surface area contributed by atoms with Gasteiger partial charge >= 0.3 is 0 Å². The number of hydrogen-bond donors (Lipinski definition) is 1. The van der Waals surface area contributed by atoms with Crippen LogP contribution in [-0.4, -0.2) is 43.8 Å². The molecule has 0 bridgehead atoms. The van der Waals surface area contributed by atoms with Crippen LogP contribution in [0.5, 0.6) is 0 Å². The van der Waals surface area contributed by atoms with Crippen LogP contribution in [-0.2, 0) is 4.74 Å². The van der Waals surface area contributed by atoms with Gasteiger partial charge in [-0.25, -0.2) is 0 Å². The van der Waals surface area contributed by atoms with Crippen LogP contribution in [0.1, 0.15) is 33.1 Å². The third-order valence-corrected chi connectivity index (χ3v) is 3.62. The molecule has 0 aromatic carbocycles. The van der Waals surface area contributed by atoms with Gasteiger partial charge in [0.2, 0.25) is 0 Å². The van der Waals surface area contributed by atoms with Gasteiger partial charge in [0.1, 0.15) is 0 Å². The van der Waals surface area contributed by atoms with Crippen LogP contribution in [0, 0.1) is 5.92 Å². The third-order valence-electron chi connectivity index (χ3n) is 3.62. The highest BCUT2D eigenvalue weighted by atomic mass is 16.5. The van der Waals surface area contributed by atoms with E-state index in [9.17, 15) is 0 Å². The summed E-state index contributed by atoms with van der Waals surface area (Å²) in [6.45, 7) is 7.26. The molecular weight excluding hydrogens is 188 g/mol. The van der Waals surface area contributed by atoms with Gasteiger partial charge in [-0.15, -0.1) is 0 Å². The van der Waals surface area contributed by atoms with Gasteiger partial charge in [0.25, 0.3) is 0 Å². The zero-order valence-electron chi connectivity index (χ0n) is 10.4. The van der Waals surface area contributed by atoms with E-state index in [4.69, 9.17) is 10.5 Å². The normalized spacial score (nSPS) is 27.6. The highest BCUT2D eigenvalue weighted by molar-refractivity contribution is 4.80. The molecule has 3 heteroatoms. The molecule has 0 spiro atoms. The van der Waals surface area contributed by atoms with Gasteiger partial charge in [0.05, 0.1) is 6.61 Å². The molecule has 0 aliphatic carbocycles. The topological polar surface area (TPSA) is 38.5 Å². The van der Waals surface area contributed by atoms with E-state index in [0.717, 1.165) is 26.2 Å². The molecule has 3 nitrogen and oxygen atoms in total. The van der Waals surface area contributed by atoms with Crippen molar-refractivity contribution < 1.29 is 4.74 Å². The predicted molar refractivity (Wildman–Crippen MR) is 63.9 cm³/mol. The summed E-state index contributed by atoms with van der Waals surface area (Å²) in [7, 11) is 2.21. The van der Waals surface area contributed by atoms with Crippen LogP contribution in [0.15, 0.2) is 0 Å². The largest absolute Gasteiger partial charge is 0.381 e. The molecule has 0 saturated carbocycles. The summed E-state index contributed by atoms with van der Waals surface area (Å²) in [6, 6.07) is 1.02. The fraction of sp³-hybridized carbons (Fsp3) is 1.00. The van der Waals surface area contributed by atoms with Crippen LogP contribution in [0.4, 0.5) is 0 Å². The van der Waals surface area contributed by atoms with Gasteiger partial charge < -0.3 is 15.4 Å². The maximum atomic E-state index is 6.10. The number of nitrogens with zero attached hydrogens (tertiary/aromatic N) is 1. The van der Waals surface area contributed by atoms with Gasteiger partial charge in [-0.1, -0.05) is 13.8 Å². The quantitative estimate of drug-likeness (QED) is 0.753. The molecule has 0 aromatic rings. The first-order valence-corrected chi connectivity index (χ1v) is 6.22. The molecule has 0 amide bonds. The smallest absolute Gasteiger partial charge is 0.0521 e. The van der Waals surface area contributed by atoms with E-state index in [0.29, 0.717) is 18.0 Å². The maximum absolute atomic E-state index is 6.10. The SMILES string of the molecule is CCC(CC)N(C)CC1COCCC1N. The van der Waals surface area contributed by atoms with Gasteiger partial charge in [-0.05, 0) is 26.3 Å². The molecule has 1 fully saturated rings. The van der Waals surface area contributed by atoms with Crippen LogP contribution >= 0.6 is 0 Å². The molecule has 1 saturated heterocycles. The van der Waals surface area contributed by atoms with E-state index in [-0.39, 0.29) is 0 Å². The minimum atomic E-state index is 0.329. The van der Waals surface area contributed by atoms with Crippen LogP contribution in [0.3, 0.4) is 0 Å². The molecule has 15 heavy (non-hydrogen) atoms. The second-order valence-electron chi connectivity index (χ2n) is 4.70. The van der Waals surface area contributed by atoms with E-state index in [1.807, 2.05) is 0 Å². The fourth-order valence-electron chi connectivity index (χ4n) is 2.43. The summed E-state index contributed by atoms with van der Waals surface area (Å²) in [5.41, 5.74) is 6.10. The number of rotatable bonds is 5. The Morgan fingerprint density at radius 1 is 1.40 bits per heavy atom. The molecule has 1 rings (SSSR count). The molecule has 2 atom stereocenters. The lowest BCUT2D eigenvalue weighted by atomic mass is 9.95.